The minimum Gasteiger partial charge on any atom is -0.495 e. The summed E-state index contributed by atoms with van der Waals surface area (Å²) in [7, 11) is -2.33. The first-order valence-corrected chi connectivity index (χ1v) is 8.40. The van der Waals surface area contributed by atoms with E-state index in [0.717, 1.165) is 0 Å². The van der Waals surface area contributed by atoms with Crippen LogP contribution in [0, 0.1) is 0 Å². The SMILES string of the molecule is COc1ccc(Cl)cc1NS(=O)(=O)c1ccc(N)c(Br)c1. The molecular formula is C13H12BrClN2O3S. The standard InChI is InChI=1S/C13H12BrClN2O3S/c1-20-13-5-2-8(15)6-12(13)17-21(18,19)9-3-4-11(16)10(14)7-9/h2-7,17H,16H2,1H3. The molecular weight excluding hydrogens is 380 g/mol. The zero-order valence-corrected chi connectivity index (χ0v) is 14.1. The van der Waals surface area contributed by atoms with Crippen LogP contribution in [0.5, 0.6) is 5.75 Å². The number of benzene rings is 2. The smallest absolute Gasteiger partial charge is 0.262 e. The fourth-order valence-corrected chi connectivity index (χ4v) is 3.43. The summed E-state index contributed by atoms with van der Waals surface area (Å²) in [6, 6.07) is 9.02. The molecule has 0 fully saturated rings. The Balaban J connectivity index is 2.41. The molecule has 0 heterocycles. The predicted molar refractivity (Wildman–Crippen MR) is 87.4 cm³/mol. The van der Waals surface area contributed by atoms with Gasteiger partial charge in [-0.2, -0.15) is 0 Å². The molecule has 0 radical (unpaired) electrons. The van der Waals surface area contributed by atoms with Gasteiger partial charge in [0.15, 0.2) is 0 Å². The summed E-state index contributed by atoms with van der Waals surface area (Å²) in [4.78, 5) is 0.0746. The molecule has 0 saturated heterocycles. The first kappa shape index (κ1) is 15.9. The Kier molecular flexibility index (Phi) is 4.65. The highest BCUT2D eigenvalue weighted by molar-refractivity contribution is 9.10. The van der Waals surface area contributed by atoms with Gasteiger partial charge in [0.25, 0.3) is 10.0 Å². The van der Waals surface area contributed by atoms with E-state index in [9.17, 15) is 8.42 Å². The van der Waals surface area contributed by atoms with E-state index < -0.39 is 10.0 Å². The van der Waals surface area contributed by atoms with E-state index >= 15 is 0 Å². The van der Waals surface area contributed by atoms with Crippen molar-refractivity contribution in [3.63, 3.8) is 0 Å². The van der Waals surface area contributed by atoms with Crippen LogP contribution in [-0.2, 0) is 10.0 Å². The van der Waals surface area contributed by atoms with E-state index in [4.69, 9.17) is 22.1 Å². The highest BCUT2D eigenvalue weighted by atomic mass is 79.9. The second-order valence-electron chi connectivity index (χ2n) is 4.13. The second-order valence-corrected chi connectivity index (χ2v) is 7.11. The number of nitrogens with two attached hydrogens (primary N) is 1. The lowest BCUT2D eigenvalue weighted by Crippen LogP contribution is -2.13. The Morgan fingerprint density at radius 1 is 1.24 bits per heavy atom. The Bertz CT molecular complexity index is 781. The van der Waals surface area contributed by atoms with Crippen molar-refractivity contribution in [3.8, 4) is 5.75 Å². The van der Waals surface area contributed by atoms with Crippen molar-refractivity contribution < 1.29 is 13.2 Å². The Morgan fingerprint density at radius 3 is 2.57 bits per heavy atom. The third-order valence-electron chi connectivity index (χ3n) is 2.69. The van der Waals surface area contributed by atoms with Crippen LogP contribution >= 0.6 is 27.5 Å². The average Bonchev–Trinajstić information content (AvgIpc) is 2.41. The fourth-order valence-electron chi connectivity index (χ4n) is 1.64. The zero-order valence-electron chi connectivity index (χ0n) is 10.9. The predicted octanol–water partition coefficient (Wildman–Crippen LogP) is 3.49. The Morgan fingerprint density at radius 2 is 1.95 bits per heavy atom. The summed E-state index contributed by atoms with van der Waals surface area (Å²) >= 11 is 9.08. The first-order chi connectivity index (χ1) is 9.83. The van der Waals surface area contributed by atoms with Crippen LogP contribution in [0.15, 0.2) is 45.8 Å². The van der Waals surface area contributed by atoms with Gasteiger partial charge in [0, 0.05) is 15.2 Å². The van der Waals surface area contributed by atoms with Gasteiger partial charge in [-0.3, -0.25) is 4.72 Å². The normalized spacial score (nSPS) is 11.2. The number of hydrogen-bond donors (Lipinski definition) is 2. The van der Waals surface area contributed by atoms with Gasteiger partial charge in [-0.15, -0.1) is 0 Å². The minimum atomic E-state index is -3.78. The monoisotopic (exact) mass is 390 g/mol. The molecule has 0 atom stereocenters. The molecule has 0 aliphatic carbocycles. The van der Waals surface area contributed by atoms with Gasteiger partial charge in [-0.05, 0) is 52.3 Å². The molecule has 0 amide bonds. The first-order valence-electron chi connectivity index (χ1n) is 5.75. The Labute approximate surface area is 136 Å². The lowest BCUT2D eigenvalue weighted by Gasteiger charge is -2.12. The molecule has 0 bridgehead atoms. The maximum absolute atomic E-state index is 12.4. The van der Waals surface area contributed by atoms with Crippen LogP contribution in [0.25, 0.3) is 0 Å². The highest BCUT2D eigenvalue weighted by Crippen LogP contribution is 2.31. The molecule has 0 aromatic heterocycles. The maximum Gasteiger partial charge on any atom is 0.262 e. The number of hydrogen-bond acceptors (Lipinski definition) is 4. The minimum absolute atomic E-state index is 0.0746. The number of anilines is 2. The number of rotatable bonds is 4. The van der Waals surface area contributed by atoms with Crippen LogP contribution < -0.4 is 15.2 Å². The molecule has 0 unspecified atom stereocenters. The molecule has 2 aromatic carbocycles. The molecule has 21 heavy (non-hydrogen) atoms. The van der Waals surface area contributed by atoms with Gasteiger partial charge in [-0.25, -0.2) is 8.42 Å². The van der Waals surface area contributed by atoms with E-state index in [1.54, 1.807) is 12.1 Å². The van der Waals surface area contributed by atoms with Gasteiger partial charge >= 0.3 is 0 Å². The molecule has 3 N–H and O–H groups in total. The second kappa shape index (κ2) is 6.13. The third kappa shape index (κ3) is 3.61. The van der Waals surface area contributed by atoms with Crippen LogP contribution in [0.2, 0.25) is 5.02 Å². The molecule has 0 aliphatic rings. The van der Waals surface area contributed by atoms with Crippen molar-refractivity contribution in [3.05, 3.63) is 45.9 Å². The van der Waals surface area contributed by atoms with E-state index in [-0.39, 0.29) is 10.6 Å². The van der Waals surface area contributed by atoms with Gasteiger partial charge < -0.3 is 10.5 Å². The summed E-state index contributed by atoms with van der Waals surface area (Å²) in [5, 5.41) is 0.395. The van der Waals surface area contributed by atoms with Gasteiger partial charge in [-0.1, -0.05) is 11.6 Å². The zero-order chi connectivity index (χ0) is 15.6. The van der Waals surface area contributed by atoms with Gasteiger partial charge in [0.2, 0.25) is 0 Å². The third-order valence-corrected chi connectivity index (χ3v) is 4.97. The number of methoxy groups -OCH3 is 1. The number of nitrogen functional groups attached to an aromatic ring is 1. The van der Waals surface area contributed by atoms with Crippen molar-refractivity contribution in [1.29, 1.82) is 0 Å². The van der Waals surface area contributed by atoms with E-state index in [1.807, 2.05) is 0 Å². The topological polar surface area (TPSA) is 81.4 Å². The molecule has 112 valence electrons. The molecule has 5 nitrogen and oxygen atoms in total. The quantitative estimate of drug-likeness (QED) is 0.782. The van der Waals surface area contributed by atoms with Crippen LogP contribution in [0.4, 0.5) is 11.4 Å². The molecule has 0 aliphatic heterocycles. The van der Waals surface area contributed by atoms with Gasteiger partial charge in [0.05, 0.1) is 17.7 Å². The summed E-state index contributed by atoms with van der Waals surface area (Å²) in [5.74, 6) is 0.373. The number of ether oxygens (including phenoxy) is 1. The number of halogens is 2. The molecule has 8 heteroatoms. The molecule has 2 aromatic rings. The van der Waals surface area contributed by atoms with E-state index in [1.165, 1.54) is 31.4 Å². The van der Waals surface area contributed by atoms with Crippen molar-refractivity contribution in [2.24, 2.45) is 0 Å². The number of nitrogens with one attached hydrogen (secondary N) is 1. The average molecular weight is 392 g/mol. The van der Waals surface area contributed by atoms with Crippen molar-refractivity contribution in [2.75, 3.05) is 17.6 Å². The van der Waals surface area contributed by atoms with E-state index in [2.05, 4.69) is 20.7 Å². The molecule has 0 spiro atoms. The van der Waals surface area contributed by atoms with Crippen LogP contribution in [-0.4, -0.2) is 15.5 Å². The molecule has 2 rings (SSSR count). The van der Waals surface area contributed by atoms with E-state index in [0.29, 0.717) is 20.9 Å². The maximum atomic E-state index is 12.4. The summed E-state index contributed by atoms with van der Waals surface area (Å²) in [6.07, 6.45) is 0. The van der Waals surface area contributed by atoms with Crippen molar-refractivity contribution in [1.82, 2.24) is 0 Å². The summed E-state index contributed by atoms with van der Waals surface area (Å²) < 4.78 is 32.8. The van der Waals surface area contributed by atoms with Crippen molar-refractivity contribution in [2.45, 2.75) is 4.90 Å². The fraction of sp³-hybridized carbons (Fsp3) is 0.0769. The van der Waals surface area contributed by atoms with Crippen LogP contribution in [0.3, 0.4) is 0 Å². The number of sulfonamides is 1. The lowest BCUT2D eigenvalue weighted by molar-refractivity contribution is 0.417. The van der Waals surface area contributed by atoms with Crippen molar-refractivity contribution >= 4 is 48.9 Å². The van der Waals surface area contributed by atoms with Gasteiger partial charge in [0.1, 0.15) is 5.75 Å². The highest BCUT2D eigenvalue weighted by Gasteiger charge is 2.17. The largest absolute Gasteiger partial charge is 0.495 e. The lowest BCUT2D eigenvalue weighted by atomic mass is 10.3. The summed E-state index contributed by atoms with van der Waals surface area (Å²) in [5.41, 5.74) is 6.37. The molecule has 0 saturated carbocycles. The Hall–Kier alpha value is -1.44. The summed E-state index contributed by atoms with van der Waals surface area (Å²) in [6.45, 7) is 0. The van der Waals surface area contributed by atoms with Crippen LogP contribution in [0.1, 0.15) is 0 Å².